The fraction of sp³-hybridized carbons (Fsp3) is 0.227. The van der Waals surface area contributed by atoms with Crippen molar-refractivity contribution in [1.82, 2.24) is 19.5 Å². The van der Waals surface area contributed by atoms with E-state index < -0.39 is 0 Å². The number of quaternary nitrogens is 1. The molecule has 0 radical (unpaired) electrons. The van der Waals surface area contributed by atoms with Crippen molar-refractivity contribution in [3.05, 3.63) is 77.4 Å². The van der Waals surface area contributed by atoms with Gasteiger partial charge in [0, 0.05) is 5.75 Å². The van der Waals surface area contributed by atoms with Gasteiger partial charge in [0.15, 0.2) is 17.6 Å². The van der Waals surface area contributed by atoms with Crippen molar-refractivity contribution in [3.63, 3.8) is 0 Å². The number of nitrogens with one attached hydrogen (secondary N) is 2. The van der Waals surface area contributed by atoms with E-state index in [0.29, 0.717) is 17.8 Å². The first-order chi connectivity index (χ1) is 14.2. The van der Waals surface area contributed by atoms with Crippen LogP contribution in [0.15, 0.2) is 71.1 Å². The number of imidazole rings is 1. The van der Waals surface area contributed by atoms with E-state index in [-0.39, 0.29) is 5.56 Å². The molecule has 0 saturated heterocycles. The van der Waals surface area contributed by atoms with Gasteiger partial charge in [0.25, 0.3) is 5.56 Å². The summed E-state index contributed by atoms with van der Waals surface area (Å²) in [5, 5.41) is 1.61. The molecule has 29 heavy (non-hydrogen) atoms. The van der Waals surface area contributed by atoms with Crippen LogP contribution in [0, 0.1) is 0 Å². The molecular formula is C22H24N5OS+. The molecule has 0 aliphatic heterocycles. The van der Waals surface area contributed by atoms with Crippen LogP contribution in [0.3, 0.4) is 0 Å². The molecule has 148 valence electrons. The number of aromatic nitrogens is 4. The lowest BCUT2D eigenvalue weighted by Gasteiger charge is -2.19. The maximum atomic E-state index is 12.4. The van der Waals surface area contributed by atoms with Crippen LogP contribution in [0.5, 0.6) is 0 Å². The molecule has 0 fully saturated rings. The Bertz CT molecular complexity index is 1210. The van der Waals surface area contributed by atoms with E-state index in [0.717, 1.165) is 40.7 Å². The van der Waals surface area contributed by atoms with Crippen molar-refractivity contribution < 1.29 is 4.90 Å². The Morgan fingerprint density at radius 2 is 1.90 bits per heavy atom. The number of nitrogens with zero attached hydrogens (tertiary/aromatic N) is 3. The fourth-order valence-corrected chi connectivity index (χ4v) is 4.17. The second kappa shape index (κ2) is 8.63. The molecule has 4 rings (SSSR count). The molecule has 0 bridgehead atoms. The minimum Gasteiger partial charge on any atom is -0.311 e. The minimum absolute atomic E-state index is 0.0867. The van der Waals surface area contributed by atoms with Crippen LogP contribution in [0.2, 0.25) is 0 Å². The Morgan fingerprint density at radius 1 is 1.14 bits per heavy atom. The van der Waals surface area contributed by atoms with Gasteiger partial charge in [-0.25, -0.2) is 9.97 Å². The van der Waals surface area contributed by atoms with E-state index in [4.69, 9.17) is 4.98 Å². The molecule has 1 unspecified atom stereocenters. The van der Waals surface area contributed by atoms with E-state index in [1.54, 1.807) is 17.8 Å². The van der Waals surface area contributed by atoms with Gasteiger partial charge in [-0.1, -0.05) is 42.1 Å². The van der Waals surface area contributed by atoms with E-state index in [2.05, 4.69) is 34.1 Å². The maximum absolute atomic E-state index is 12.4. The molecular weight excluding hydrogens is 382 g/mol. The van der Waals surface area contributed by atoms with Gasteiger partial charge in [-0.05, 0) is 31.2 Å². The number of rotatable bonds is 8. The molecule has 2 aromatic carbocycles. The predicted octanol–water partition coefficient (Wildman–Crippen LogP) is 2.61. The summed E-state index contributed by atoms with van der Waals surface area (Å²) in [4.78, 5) is 26.1. The summed E-state index contributed by atoms with van der Waals surface area (Å²) in [5.41, 5.74) is 2.75. The van der Waals surface area contributed by atoms with Crippen molar-refractivity contribution >= 4 is 33.7 Å². The number of benzene rings is 2. The number of fused-ring (bicyclic) bond motifs is 2. The zero-order valence-corrected chi connectivity index (χ0v) is 17.2. The summed E-state index contributed by atoms with van der Waals surface area (Å²) < 4.78 is 2.25. The molecule has 2 heterocycles. The molecule has 2 aromatic heterocycles. The van der Waals surface area contributed by atoms with Gasteiger partial charge in [0.1, 0.15) is 6.54 Å². The topological polar surface area (TPSA) is 68.0 Å². The Labute approximate surface area is 173 Å². The van der Waals surface area contributed by atoms with Gasteiger partial charge in [0.2, 0.25) is 0 Å². The average molecular weight is 407 g/mol. The number of hydrogen-bond acceptors (Lipinski definition) is 4. The van der Waals surface area contributed by atoms with Crippen LogP contribution in [-0.4, -0.2) is 31.8 Å². The lowest BCUT2D eigenvalue weighted by Crippen LogP contribution is -3.09. The van der Waals surface area contributed by atoms with Crippen LogP contribution in [0.1, 0.15) is 12.7 Å². The number of thioether (sulfide) groups is 1. The lowest BCUT2D eigenvalue weighted by molar-refractivity contribution is -0.935. The highest BCUT2D eigenvalue weighted by Gasteiger charge is 2.17. The number of H-pyrrole nitrogens is 1. The van der Waals surface area contributed by atoms with Crippen molar-refractivity contribution in [2.45, 2.75) is 25.3 Å². The third kappa shape index (κ3) is 4.11. The summed E-state index contributed by atoms with van der Waals surface area (Å²) in [7, 11) is 0. The van der Waals surface area contributed by atoms with Gasteiger partial charge in [0.05, 0.1) is 28.5 Å². The Balaban J connectivity index is 1.64. The molecule has 4 aromatic rings. The second-order valence-corrected chi connectivity index (χ2v) is 7.87. The molecule has 0 spiro atoms. The van der Waals surface area contributed by atoms with Gasteiger partial charge < -0.3 is 9.88 Å². The summed E-state index contributed by atoms with van der Waals surface area (Å²) in [6.45, 7) is 8.24. The molecule has 7 heteroatoms. The fourth-order valence-electron chi connectivity index (χ4n) is 3.42. The van der Waals surface area contributed by atoms with Crippen LogP contribution >= 0.6 is 11.8 Å². The molecule has 0 aliphatic carbocycles. The van der Waals surface area contributed by atoms with Gasteiger partial charge in [-0.3, -0.25) is 9.36 Å². The zero-order chi connectivity index (χ0) is 20.2. The number of para-hydroxylation sites is 3. The first kappa shape index (κ1) is 19.4. The van der Waals surface area contributed by atoms with Crippen LogP contribution in [0.4, 0.5) is 0 Å². The molecule has 0 aliphatic rings. The molecule has 0 amide bonds. The number of hydrogen-bond donors (Lipinski definition) is 2. The van der Waals surface area contributed by atoms with Crippen LogP contribution < -0.4 is 10.5 Å². The summed E-state index contributed by atoms with van der Waals surface area (Å²) in [5.74, 6) is 1.51. The van der Waals surface area contributed by atoms with Crippen LogP contribution in [0.25, 0.3) is 21.9 Å². The quantitative estimate of drug-likeness (QED) is 0.349. The average Bonchev–Trinajstić information content (AvgIpc) is 3.09. The molecule has 2 N–H and O–H groups in total. The smallest absolute Gasteiger partial charge is 0.258 e. The Hall–Kier alpha value is -2.90. The highest BCUT2D eigenvalue weighted by atomic mass is 32.2. The van der Waals surface area contributed by atoms with Gasteiger partial charge in [-0.15, -0.1) is 6.58 Å². The van der Waals surface area contributed by atoms with Crippen LogP contribution in [-0.2, 0) is 13.2 Å². The largest absolute Gasteiger partial charge is 0.311 e. The maximum Gasteiger partial charge on any atom is 0.258 e. The van der Waals surface area contributed by atoms with E-state index in [1.807, 2.05) is 42.5 Å². The monoisotopic (exact) mass is 406 g/mol. The second-order valence-electron chi connectivity index (χ2n) is 6.88. The van der Waals surface area contributed by atoms with Crippen molar-refractivity contribution in [3.8, 4) is 0 Å². The van der Waals surface area contributed by atoms with E-state index >= 15 is 0 Å². The van der Waals surface area contributed by atoms with E-state index in [9.17, 15) is 4.79 Å². The first-order valence-corrected chi connectivity index (χ1v) is 10.7. The van der Waals surface area contributed by atoms with Crippen molar-refractivity contribution in [2.24, 2.45) is 0 Å². The predicted molar refractivity (Wildman–Crippen MR) is 118 cm³/mol. The number of aromatic amines is 1. The van der Waals surface area contributed by atoms with Crippen molar-refractivity contribution in [1.29, 1.82) is 0 Å². The standard InChI is InChI=1S/C22H23N5OS/c1-3-13-29-22-24-18-11-7-8-12-19(18)27(22)15-26(4-2)14-20-23-17-10-6-5-9-16(17)21(28)25-20/h3,5-12H,1,4,13-15H2,2H3,(H,23,25,28)/p+1. The third-order valence-electron chi connectivity index (χ3n) is 4.91. The SMILES string of the molecule is C=CCSc1nc2ccccc2n1C[NH+](CC)Cc1nc2ccccc2c(=O)[nH]1. The summed E-state index contributed by atoms with van der Waals surface area (Å²) in [6.07, 6.45) is 1.89. The highest BCUT2D eigenvalue weighted by Crippen LogP contribution is 2.23. The summed E-state index contributed by atoms with van der Waals surface area (Å²) in [6, 6.07) is 15.6. The first-order valence-electron chi connectivity index (χ1n) is 9.70. The zero-order valence-electron chi connectivity index (χ0n) is 16.4. The molecule has 0 saturated carbocycles. The third-order valence-corrected chi connectivity index (χ3v) is 5.88. The summed E-state index contributed by atoms with van der Waals surface area (Å²) >= 11 is 1.68. The minimum atomic E-state index is -0.0867. The highest BCUT2D eigenvalue weighted by molar-refractivity contribution is 7.99. The normalized spacial score (nSPS) is 12.4. The van der Waals surface area contributed by atoms with Gasteiger partial charge >= 0.3 is 0 Å². The Kier molecular flexibility index (Phi) is 5.78. The van der Waals surface area contributed by atoms with E-state index in [1.165, 1.54) is 4.90 Å². The Morgan fingerprint density at radius 3 is 2.69 bits per heavy atom. The lowest BCUT2D eigenvalue weighted by atomic mass is 10.2. The van der Waals surface area contributed by atoms with Gasteiger partial charge in [-0.2, -0.15) is 0 Å². The molecule has 6 nitrogen and oxygen atoms in total. The molecule has 1 atom stereocenters. The van der Waals surface area contributed by atoms with Crippen molar-refractivity contribution in [2.75, 3.05) is 12.3 Å².